The van der Waals surface area contributed by atoms with Crippen LogP contribution in [0.2, 0.25) is 0 Å². The largest absolute Gasteiger partial charge is 0.434 e. The maximum Gasteiger partial charge on any atom is 0.387 e. The summed E-state index contributed by atoms with van der Waals surface area (Å²) in [4.78, 5) is 2.21. The van der Waals surface area contributed by atoms with Gasteiger partial charge in [0.1, 0.15) is 5.75 Å². The Labute approximate surface area is 135 Å². The van der Waals surface area contributed by atoms with Crippen LogP contribution >= 0.6 is 27.3 Å². The normalized spacial score (nSPS) is 12.7. The fourth-order valence-electron chi connectivity index (χ4n) is 2.17. The number of hydrogen-bond acceptors (Lipinski definition) is 3. The molecule has 0 bridgehead atoms. The highest BCUT2D eigenvalue weighted by molar-refractivity contribution is 9.10. The number of nitrogens with one attached hydrogen (secondary N) is 1. The first-order chi connectivity index (χ1) is 10.0. The zero-order chi connectivity index (χ0) is 15.4. The van der Waals surface area contributed by atoms with Crippen molar-refractivity contribution in [2.24, 2.45) is 0 Å². The van der Waals surface area contributed by atoms with Crippen LogP contribution in [0.25, 0.3) is 0 Å². The van der Waals surface area contributed by atoms with Crippen LogP contribution in [-0.4, -0.2) is 13.2 Å². The Morgan fingerprint density at radius 1 is 1.33 bits per heavy atom. The summed E-state index contributed by atoms with van der Waals surface area (Å²) in [6.45, 7) is 1.89. The van der Waals surface area contributed by atoms with Crippen LogP contribution < -0.4 is 10.1 Å². The second kappa shape index (κ2) is 7.33. The standard InChI is InChI=1S/C15H16BrF2NOS/c1-3-19-13(14-11(16)8-9(2)21-14)10-6-4-5-7-12(10)20-15(17)18/h4-8,13,15,19H,3H2,1-2H3. The molecule has 0 saturated heterocycles. The molecule has 0 aliphatic carbocycles. The Morgan fingerprint density at radius 3 is 2.62 bits per heavy atom. The third-order valence-electron chi connectivity index (χ3n) is 2.95. The first-order valence-electron chi connectivity index (χ1n) is 6.55. The van der Waals surface area contributed by atoms with Crippen molar-refractivity contribution in [3.8, 4) is 5.75 Å². The van der Waals surface area contributed by atoms with Crippen LogP contribution in [0.1, 0.15) is 28.3 Å². The molecule has 0 amide bonds. The summed E-state index contributed by atoms with van der Waals surface area (Å²) >= 11 is 5.17. The second-order valence-electron chi connectivity index (χ2n) is 4.48. The monoisotopic (exact) mass is 375 g/mol. The van der Waals surface area contributed by atoms with Crippen molar-refractivity contribution in [3.63, 3.8) is 0 Å². The van der Waals surface area contributed by atoms with E-state index in [4.69, 9.17) is 0 Å². The van der Waals surface area contributed by atoms with Crippen LogP contribution in [0.4, 0.5) is 8.78 Å². The van der Waals surface area contributed by atoms with Crippen LogP contribution in [0.5, 0.6) is 5.75 Å². The number of para-hydroxylation sites is 1. The Bertz CT molecular complexity index is 603. The van der Waals surface area contributed by atoms with Gasteiger partial charge in [-0.25, -0.2) is 0 Å². The summed E-state index contributed by atoms with van der Waals surface area (Å²) in [7, 11) is 0. The van der Waals surface area contributed by atoms with Gasteiger partial charge in [0.15, 0.2) is 0 Å². The van der Waals surface area contributed by atoms with Gasteiger partial charge >= 0.3 is 6.61 Å². The molecule has 6 heteroatoms. The maximum atomic E-state index is 12.6. The fourth-order valence-corrected chi connectivity index (χ4v) is 4.14. The van der Waals surface area contributed by atoms with Gasteiger partial charge in [0.05, 0.1) is 6.04 Å². The lowest BCUT2D eigenvalue weighted by Gasteiger charge is -2.21. The highest BCUT2D eigenvalue weighted by Crippen LogP contribution is 2.38. The molecule has 0 aliphatic rings. The number of rotatable bonds is 6. The first-order valence-corrected chi connectivity index (χ1v) is 8.16. The van der Waals surface area contributed by atoms with E-state index in [9.17, 15) is 8.78 Å². The van der Waals surface area contributed by atoms with Gasteiger partial charge in [0.25, 0.3) is 0 Å². The summed E-state index contributed by atoms with van der Waals surface area (Å²) < 4.78 is 30.8. The molecule has 2 nitrogen and oxygen atoms in total. The van der Waals surface area contributed by atoms with Gasteiger partial charge in [-0.05, 0) is 41.5 Å². The third-order valence-corrected chi connectivity index (χ3v) is 4.99. The minimum absolute atomic E-state index is 0.182. The van der Waals surface area contributed by atoms with Crippen LogP contribution in [0, 0.1) is 6.92 Å². The van der Waals surface area contributed by atoms with E-state index in [1.165, 1.54) is 0 Å². The summed E-state index contributed by atoms with van der Waals surface area (Å²) in [5.41, 5.74) is 0.710. The molecule has 2 aromatic rings. The molecule has 1 aromatic heterocycles. The number of aryl methyl sites for hydroxylation is 1. The average Bonchev–Trinajstić information content (AvgIpc) is 2.75. The molecule has 0 fully saturated rings. The molecule has 1 unspecified atom stereocenters. The quantitative estimate of drug-likeness (QED) is 0.756. The Balaban J connectivity index is 2.45. The van der Waals surface area contributed by atoms with Crippen molar-refractivity contribution in [2.75, 3.05) is 6.54 Å². The van der Waals surface area contributed by atoms with Crippen molar-refractivity contribution in [1.82, 2.24) is 5.32 Å². The average molecular weight is 376 g/mol. The molecule has 1 atom stereocenters. The summed E-state index contributed by atoms with van der Waals surface area (Å²) in [5.74, 6) is 0.205. The van der Waals surface area contributed by atoms with Gasteiger partial charge in [0, 0.05) is 19.8 Å². The van der Waals surface area contributed by atoms with Gasteiger partial charge in [-0.3, -0.25) is 0 Å². The number of hydrogen-bond donors (Lipinski definition) is 1. The highest BCUT2D eigenvalue weighted by atomic mass is 79.9. The maximum absolute atomic E-state index is 12.6. The van der Waals surface area contributed by atoms with Crippen LogP contribution in [-0.2, 0) is 0 Å². The summed E-state index contributed by atoms with van der Waals surface area (Å²) in [6.07, 6.45) is 0. The van der Waals surface area contributed by atoms with E-state index < -0.39 is 6.61 Å². The molecule has 1 N–H and O–H groups in total. The molecule has 2 rings (SSSR count). The molecule has 0 saturated carbocycles. The number of halogens is 3. The SMILES string of the molecule is CCNC(c1ccccc1OC(F)F)c1sc(C)cc1Br. The predicted molar refractivity (Wildman–Crippen MR) is 85.3 cm³/mol. The fraction of sp³-hybridized carbons (Fsp3) is 0.333. The van der Waals surface area contributed by atoms with Gasteiger partial charge in [-0.1, -0.05) is 25.1 Å². The molecule has 21 heavy (non-hydrogen) atoms. The smallest absolute Gasteiger partial charge is 0.387 e. The van der Waals surface area contributed by atoms with E-state index in [1.54, 1.807) is 23.5 Å². The Kier molecular flexibility index (Phi) is 5.72. The van der Waals surface area contributed by atoms with Gasteiger partial charge < -0.3 is 10.1 Å². The number of thiophene rings is 1. The molecule has 1 aromatic carbocycles. The second-order valence-corrected chi connectivity index (χ2v) is 6.62. The number of alkyl halides is 2. The zero-order valence-corrected chi connectivity index (χ0v) is 14.1. The summed E-state index contributed by atoms with van der Waals surface area (Å²) in [5, 5.41) is 3.34. The van der Waals surface area contributed by atoms with Crippen molar-refractivity contribution in [2.45, 2.75) is 26.5 Å². The molecule has 0 radical (unpaired) electrons. The van der Waals surface area contributed by atoms with Crippen molar-refractivity contribution in [3.05, 3.63) is 50.1 Å². The van der Waals surface area contributed by atoms with Crippen LogP contribution in [0.15, 0.2) is 34.8 Å². The molecule has 0 spiro atoms. The lowest BCUT2D eigenvalue weighted by molar-refractivity contribution is -0.0506. The highest BCUT2D eigenvalue weighted by Gasteiger charge is 2.22. The van der Waals surface area contributed by atoms with E-state index in [2.05, 4.69) is 26.0 Å². The molecular weight excluding hydrogens is 360 g/mol. The lowest BCUT2D eigenvalue weighted by atomic mass is 10.0. The minimum atomic E-state index is -2.83. The molecular formula is C15H16BrF2NOS. The Morgan fingerprint density at radius 2 is 2.05 bits per heavy atom. The molecule has 0 aliphatic heterocycles. The zero-order valence-electron chi connectivity index (χ0n) is 11.7. The minimum Gasteiger partial charge on any atom is -0.434 e. The van der Waals surface area contributed by atoms with E-state index in [0.717, 1.165) is 20.8 Å². The molecule has 114 valence electrons. The van der Waals surface area contributed by atoms with Gasteiger partial charge in [-0.2, -0.15) is 8.78 Å². The van der Waals surface area contributed by atoms with E-state index in [1.807, 2.05) is 32.0 Å². The molecule has 1 heterocycles. The van der Waals surface area contributed by atoms with Crippen molar-refractivity contribution in [1.29, 1.82) is 0 Å². The van der Waals surface area contributed by atoms with E-state index in [-0.39, 0.29) is 11.8 Å². The van der Waals surface area contributed by atoms with Crippen molar-refractivity contribution < 1.29 is 13.5 Å². The predicted octanol–water partition coefficient (Wildman–Crippen LogP) is 5.12. The Hall–Kier alpha value is -0.980. The number of ether oxygens (including phenoxy) is 1. The topological polar surface area (TPSA) is 21.3 Å². The first kappa shape index (κ1) is 16.4. The number of benzene rings is 1. The summed E-state index contributed by atoms with van der Waals surface area (Å²) in [6, 6.07) is 8.75. The van der Waals surface area contributed by atoms with Gasteiger partial charge in [-0.15, -0.1) is 11.3 Å². The van der Waals surface area contributed by atoms with Crippen LogP contribution in [0.3, 0.4) is 0 Å². The lowest BCUT2D eigenvalue weighted by Crippen LogP contribution is -2.22. The van der Waals surface area contributed by atoms with E-state index in [0.29, 0.717) is 5.56 Å². The van der Waals surface area contributed by atoms with E-state index >= 15 is 0 Å². The third kappa shape index (κ3) is 4.02. The van der Waals surface area contributed by atoms with Crippen molar-refractivity contribution >= 4 is 27.3 Å². The van der Waals surface area contributed by atoms with Gasteiger partial charge in [0.2, 0.25) is 0 Å².